The molecular weight excluding hydrogens is 210 g/mol. The monoisotopic (exact) mass is 235 g/mol. The lowest BCUT2D eigenvalue weighted by Crippen LogP contribution is -2.31. The van der Waals surface area contributed by atoms with Gasteiger partial charge in [0.05, 0.1) is 0 Å². The SMILES string of the molecule is CCNC(C)COc1cc(C(C)C)ccc1C. The summed E-state index contributed by atoms with van der Waals surface area (Å²) in [5, 5.41) is 3.35. The molecule has 1 rings (SSSR count). The second kappa shape index (κ2) is 6.65. The Bertz CT molecular complexity index is 347. The van der Waals surface area contributed by atoms with Gasteiger partial charge < -0.3 is 10.1 Å². The quantitative estimate of drug-likeness (QED) is 0.815. The van der Waals surface area contributed by atoms with Crippen molar-refractivity contribution in [3.8, 4) is 5.75 Å². The van der Waals surface area contributed by atoms with Gasteiger partial charge >= 0.3 is 0 Å². The molecule has 0 aliphatic heterocycles. The summed E-state index contributed by atoms with van der Waals surface area (Å²) in [7, 11) is 0. The fourth-order valence-corrected chi connectivity index (χ4v) is 1.75. The van der Waals surface area contributed by atoms with Gasteiger partial charge in [-0.2, -0.15) is 0 Å². The van der Waals surface area contributed by atoms with Gasteiger partial charge in [-0.1, -0.05) is 32.9 Å². The molecule has 0 spiro atoms. The number of hydrogen-bond acceptors (Lipinski definition) is 2. The zero-order valence-corrected chi connectivity index (χ0v) is 11.7. The van der Waals surface area contributed by atoms with Crippen LogP contribution in [-0.4, -0.2) is 19.2 Å². The van der Waals surface area contributed by atoms with E-state index in [1.807, 2.05) is 0 Å². The molecule has 0 fully saturated rings. The Hall–Kier alpha value is -1.02. The Morgan fingerprint density at radius 3 is 2.53 bits per heavy atom. The maximum atomic E-state index is 5.88. The van der Waals surface area contributed by atoms with Crippen LogP contribution in [0.2, 0.25) is 0 Å². The normalized spacial score (nSPS) is 12.8. The van der Waals surface area contributed by atoms with Crippen LogP contribution >= 0.6 is 0 Å². The molecule has 0 bridgehead atoms. The number of ether oxygens (including phenoxy) is 1. The van der Waals surface area contributed by atoms with Gasteiger partial charge in [-0.15, -0.1) is 0 Å². The van der Waals surface area contributed by atoms with E-state index in [1.54, 1.807) is 0 Å². The largest absolute Gasteiger partial charge is 0.492 e. The van der Waals surface area contributed by atoms with E-state index in [2.05, 4.69) is 58.1 Å². The van der Waals surface area contributed by atoms with Gasteiger partial charge in [-0.3, -0.25) is 0 Å². The average Bonchev–Trinajstić information content (AvgIpc) is 2.28. The average molecular weight is 235 g/mol. The zero-order valence-electron chi connectivity index (χ0n) is 11.7. The van der Waals surface area contributed by atoms with Gasteiger partial charge in [-0.25, -0.2) is 0 Å². The highest BCUT2D eigenvalue weighted by Crippen LogP contribution is 2.24. The second-order valence-electron chi connectivity index (χ2n) is 4.95. The van der Waals surface area contributed by atoms with E-state index in [4.69, 9.17) is 4.74 Å². The van der Waals surface area contributed by atoms with Crippen molar-refractivity contribution < 1.29 is 4.74 Å². The molecule has 0 aliphatic rings. The molecule has 0 aromatic heterocycles. The van der Waals surface area contributed by atoms with Crippen molar-refractivity contribution in [3.05, 3.63) is 29.3 Å². The summed E-state index contributed by atoms with van der Waals surface area (Å²) in [6.45, 7) is 12.5. The van der Waals surface area contributed by atoms with Crippen LogP contribution in [-0.2, 0) is 0 Å². The lowest BCUT2D eigenvalue weighted by atomic mass is 10.0. The topological polar surface area (TPSA) is 21.3 Å². The molecule has 17 heavy (non-hydrogen) atoms. The van der Waals surface area contributed by atoms with Crippen molar-refractivity contribution in [2.75, 3.05) is 13.2 Å². The first-order valence-electron chi connectivity index (χ1n) is 6.51. The highest BCUT2D eigenvalue weighted by Gasteiger charge is 2.06. The Balaban J connectivity index is 2.66. The van der Waals surface area contributed by atoms with Gasteiger partial charge in [0.2, 0.25) is 0 Å². The molecule has 96 valence electrons. The first-order valence-corrected chi connectivity index (χ1v) is 6.51. The lowest BCUT2D eigenvalue weighted by Gasteiger charge is -2.16. The van der Waals surface area contributed by atoms with Crippen LogP contribution in [0, 0.1) is 6.92 Å². The highest BCUT2D eigenvalue weighted by atomic mass is 16.5. The third-order valence-corrected chi connectivity index (χ3v) is 2.92. The number of nitrogens with one attached hydrogen (secondary N) is 1. The minimum Gasteiger partial charge on any atom is -0.492 e. The molecule has 0 amide bonds. The standard InChI is InChI=1S/C15H25NO/c1-6-16-13(5)10-17-15-9-14(11(2)3)8-7-12(15)4/h7-9,11,13,16H,6,10H2,1-5H3. The lowest BCUT2D eigenvalue weighted by molar-refractivity contribution is 0.273. The molecule has 1 aromatic rings. The zero-order chi connectivity index (χ0) is 12.8. The van der Waals surface area contributed by atoms with Crippen LogP contribution in [0.4, 0.5) is 0 Å². The summed E-state index contributed by atoms with van der Waals surface area (Å²) in [6.07, 6.45) is 0. The Labute approximate surface area is 105 Å². The van der Waals surface area contributed by atoms with Crippen molar-refractivity contribution in [2.24, 2.45) is 0 Å². The van der Waals surface area contributed by atoms with Crippen molar-refractivity contribution in [1.82, 2.24) is 5.32 Å². The van der Waals surface area contributed by atoms with Crippen LogP contribution < -0.4 is 10.1 Å². The molecule has 0 aliphatic carbocycles. The van der Waals surface area contributed by atoms with Crippen molar-refractivity contribution in [2.45, 2.75) is 46.6 Å². The summed E-state index contributed by atoms with van der Waals surface area (Å²) >= 11 is 0. The number of hydrogen-bond donors (Lipinski definition) is 1. The van der Waals surface area contributed by atoms with Gasteiger partial charge in [0.15, 0.2) is 0 Å². The van der Waals surface area contributed by atoms with Gasteiger partial charge in [0, 0.05) is 6.04 Å². The van der Waals surface area contributed by atoms with E-state index < -0.39 is 0 Å². The van der Waals surface area contributed by atoms with Gasteiger partial charge in [0.1, 0.15) is 12.4 Å². The third kappa shape index (κ3) is 4.39. The molecule has 2 heteroatoms. The van der Waals surface area contributed by atoms with E-state index in [0.29, 0.717) is 12.0 Å². The molecule has 2 nitrogen and oxygen atoms in total. The Morgan fingerprint density at radius 2 is 1.94 bits per heavy atom. The van der Waals surface area contributed by atoms with Crippen molar-refractivity contribution in [3.63, 3.8) is 0 Å². The van der Waals surface area contributed by atoms with E-state index >= 15 is 0 Å². The number of aryl methyl sites for hydroxylation is 1. The molecule has 0 saturated carbocycles. The summed E-state index contributed by atoms with van der Waals surface area (Å²) < 4.78 is 5.88. The maximum absolute atomic E-state index is 5.88. The molecule has 0 heterocycles. The molecule has 1 atom stereocenters. The van der Waals surface area contributed by atoms with Gasteiger partial charge in [0.25, 0.3) is 0 Å². The minimum absolute atomic E-state index is 0.391. The smallest absolute Gasteiger partial charge is 0.122 e. The fraction of sp³-hybridized carbons (Fsp3) is 0.600. The molecule has 1 unspecified atom stereocenters. The van der Waals surface area contributed by atoms with Crippen LogP contribution in [0.3, 0.4) is 0 Å². The number of likely N-dealkylation sites (N-methyl/N-ethyl adjacent to an activating group) is 1. The predicted octanol–water partition coefficient (Wildman–Crippen LogP) is 3.50. The summed E-state index contributed by atoms with van der Waals surface area (Å²) in [4.78, 5) is 0. The van der Waals surface area contributed by atoms with E-state index in [0.717, 1.165) is 18.9 Å². The first-order chi connectivity index (χ1) is 8.04. The molecule has 1 aromatic carbocycles. The van der Waals surface area contributed by atoms with E-state index in [9.17, 15) is 0 Å². The van der Waals surface area contributed by atoms with Crippen LogP contribution in [0.15, 0.2) is 18.2 Å². The number of benzene rings is 1. The molecule has 1 N–H and O–H groups in total. The number of rotatable bonds is 6. The summed E-state index contributed by atoms with van der Waals surface area (Å²) in [5.41, 5.74) is 2.54. The summed E-state index contributed by atoms with van der Waals surface area (Å²) in [5.74, 6) is 1.56. The predicted molar refractivity (Wildman–Crippen MR) is 73.9 cm³/mol. The molecular formula is C15H25NO. The first kappa shape index (κ1) is 14.0. The Kier molecular flexibility index (Phi) is 5.49. The van der Waals surface area contributed by atoms with Crippen LogP contribution in [0.1, 0.15) is 44.7 Å². The third-order valence-electron chi connectivity index (χ3n) is 2.92. The van der Waals surface area contributed by atoms with E-state index in [-0.39, 0.29) is 0 Å². The summed E-state index contributed by atoms with van der Waals surface area (Å²) in [6, 6.07) is 6.88. The second-order valence-corrected chi connectivity index (χ2v) is 4.95. The van der Waals surface area contributed by atoms with E-state index in [1.165, 1.54) is 11.1 Å². The maximum Gasteiger partial charge on any atom is 0.122 e. The molecule has 0 saturated heterocycles. The van der Waals surface area contributed by atoms with Crippen LogP contribution in [0.25, 0.3) is 0 Å². The Morgan fingerprint density at radius 1 is 1.24 bits per heavy atom. The van der Waals surface area contributed by atoms with Crippen molar-refractivity contribution in [1.29, 1.82) is 0 Å². The van der Waals surface area contributed by atoms with Crippen molar-refractivity contribution >= 4 is 0 Å². The molecule has 0 radical (unpaired) electrons. The van der Waals surface area contributed by atoms with Gasteiger partial charge in [-0.05, 0) is 43.5 Å². The fourth-order valence-electron chi connectivity index (χ4n) is 1.75. The minimum atomic E-state index is 0.391. The van der Waals surface area contributed by atoms with Crippen LogP contribution in [0.5, 0.6) is 5.75 Å². The highest BCUT2D eigenvalue weighted by molar-refractivity contribution is 5.37.